The second-order valence-corrected chi connectivity index (χ2v) is 6.57. The second-order valence-electron chi connectivity index (χ2n) is 6.57. The van der Waals surface area contributed by atoms with Crippen molar-refractivity contribution in [3.05, 3.63) is 95.1 Å². The molecule has 0 aliphatic rings. The fraction of sp³-hybridized carbons (Fsp3) is 0.208. The largest absolute Gasteiger partial charge is 0.489 e. The van der Waals surface area contributed by atoms with Gasteiger partial charge in [-0.2, -0.15) is 0 Å². The van der Waals surface area contributed by atoms with E-state index in [1.807, 2.05) is 42.5 Å². The van der Waals surface area contributed by atoms with Crippen molar-refractivity contribution in [3.8, 4) is 5.75 Å². The molecule has 0 spiro atoms. The molecule has 0 bridgehead atoms. The average molecular weight is 375 g/mol. The van der Waals surface area contributed by atoms with Crippen LogP contribution in [0, 0.1) is 6.92 Å². The van der Waals surface area contributed by atoms with E-state index in [0.717, 1.165) is 22.6 Å². The Morgan fingerprint density at radius 2 is 1.68 bits per heavy atom. The van der Waals surface area contributed by atoms with Crippen molar-refractivity contribution in [1.82, 2.24) is 0 Å². The van der Waals surface area contributed by atoms with Crippen LogP contribution in [-0.2, 0) is 17.9 Å². The molecule has 0 aliphatic carbocycles. The maximum absolute atomic E-state index is 11.7. The van der Waals surface area contributed by atoms with Crippen LogP contribution in [0.4, 0.5) is 5.69 Å². The maximum Gasteiger partial charge on any atom is 0.338 e. The zero-order valence-electron chi connectivity index (χ0n) is 16.3. The van der Waals surface area contributed by atoms with Gasteiger partial charge in [-0.25, -0.2) is 4.79 Å². The number of aryl methyl sites for hydroxylation is 1. The van der Waals surface area contributed by atoms with Crippen molar-refractivity contribution < 1.29 is 14.3 Å². The highest BCUT2D eigenvalue weighted by molar-refractivity contribution is 5.89. The van der Waals surface area contributed by atoms with Gasteiger partial charge in [0.15, 0.2) is 0 Å². The molecule has 0 fully saturated rings. The summed E-state index contributed by atoms with van der Waals surface area (Å²) in [6, 6.07) is 23.7. The molecular weight excluding hydrogens is 350 g/mol. The van der Waals surface area contributed by atoms with Gasteiger partial charge in [0.2, 0.25) is 0 Å². The Morgan fingerprint density at radius 3 is 2.36 bits per heavy atom. The first kappa shape index (κ1) is 19.5. The maximum atomic E-state index is 11.7. The Bertz CT molecular complexity index is 902. The molecule has 28 heavy (non-hydrogen) atoms. The second kappa shape index (κ2) is 9.60. The Kier molecular flexibility index (Phi) is 6.68. The Labute approximate surface area is 166 Å². The van der Waals surface area contributed by atoms with E-state index < -0.39 is 0 Å². The van der Waals surface area contributed by atoms with E-state index in [9.17, 15) is 4.79 Å². The minimum atomic E-state index is -0.296. The molecule has 3 aromatic rings. The molecule has 4 nitrogen and oxygen atoms in total. The third-order valence-corrected chi connectivity index (χ3v) is 4.30. The topological polar surface area (TPSA) is 47.6 Å². The lowest BCUT2D eigenvalue weighted by atomic mass is 10.1. The number of carbonyl (C=O) groups excluding carboxylic acids is 1. The molecule has 0 aliphatic heterocycles. The lowest BCUT2D eigenvalue weighted by Gasteiger charge is -2.10. The summed E-state index contributed by atoms with van der Waals surface area (Å²) in [6.45, 7) is 5.51. The SMILES string of the molecule is CCOC(=O)c1ccc(NCc2ccc(OCc3cccc(C)c3)cc2)cc1. The van der Waals surface area contributed by atoms with Crippen molar-refractivity contribution in [1.29, 1.82) is 0 Å². The van der Waals surface area contributed by atoms with Gasteiger partial charge in [0, 0.05) is 12.2 Å². The number of esters is 1. The molecule has 144 valence electrons. The summed E-state index contributed by atoms with van der Waals surface area (Å²) in [5, 5.41) is 3.35. The number of ether oxygens (including phenoxy) is 2. The smallest absolute Gasteiger partial charge is 0.338 e. The van der Waals surface area contributed by atoms with Crippen molar-refractivity contribution in [2.75, 3.05) is 11.9 Å². The summed E-state index contributed by atoms with van der Waals surface area (Å²) in [5.74, 6) is 0.555. The molecule has 1 N–H and O–H groups in total. The first-order valence-electron chi connectivity index (χ1n) is 9.42. The fourth-order valence-electron chi connectivity index (χ4n) is 2.81. The molecule has 0 heterocycles. The van der Waals surface area contributed by atoms with Crippen LogP contribution in [0.25, 0.3) is 0 Å². The molecule has 3 rings (SSSR count). The third kappa shape index (κ3) is 5.61. The van der Waals surface area contributed by atoms with Gasteiger partial charge in [-0.15, -0.1) is 0 Å². The molecule has 0 unspecified atom stereocenters. The van der Waals surface area contributed by atoms with Gasteiger partial charge in [0.25, 0.3) is 0 Å². The van der Waals surface area contributed by atoms with Crippen molar-refractivity contribution in [3.63, 3.8) is 0 Å². The summed E-state index contributed by atoms with van der Waals surface area (Å²) in [7, 11) is 0. The van der Waals surface area contributed by atoms with Crippen LogP contribution in [-0.4, -0.2) is 12.6 Å². The van der Waals surface area contributed by atoms with Crippen molar-refractivity contribution in [2.45, 2.75) is 27.0 Å². The Hall–Kier alpha value is -3.27. The Balaban J connectivity index is 1.49. The summed E-state index contributed by atoms with van der Waals surface area (Å²) in [4.78, 5) is 11.7. The third-order valence-electron chi connectivity index (χ3n) is 4.30. The first-order chi connectivity index (χ1) is 13.6. The van der Waals surface area contributed by atoms with Crippen LogP contribution in [0.2, 0.25) is 0 Å². The van der Waals surface area contributed by atoms with E-state index >= 15 is 0 Å². The van der Waals surface area contributed by atoms with Gasteiger partial charge in [-0.1, -0.05) is 42.0 Å². The summed E-state index contributed by atoms with van der Waals surface area (Å²) < 4.78 is 10.8. The summed E-state index contributed by atoms with van der Waals surface area (Å²) in [5.41, 5.74) is 5.06. The lowest BCUT2D eigenvalue weighted by Crippen LogP contribution is -2.05. The van der Waals surface area contributed by atoms with Gasteiger partial charge in [0.1, 0.15) is 12.4 Å². The average Bonchev–Trinajstić information content (AvgIpc) is 2.72. The van der Waals surface area contributed by atoms with E-state index in [1.165, 1.54) is 5.56 Å². The monoisotopic (exact) mass is 375 g/mol. The zero-order chi connectivity index (χ0) is 19.8. The predicted octanol–water partition coefficient (Wildman–Crippen LogP) is 5.36. The van der Waals surface area contributed by atoms with Crippen molar-refractivity contribution in [2.24, 2.45) is 0 Å². The van der Waals surface area contributed by atoms with Crippen LogP contribution < -0.4 is 10.1 Å². The highest BCUT2D eigenvalue weighted by atomic mass is 16.5. The summed E-state index contributed by atoms with van der Waals surface area (Å²) >= 11 is 0. The van der Waals surface area contributed by atoms with Crippen LogP contribution in [0.15, 0.2) is 72.8 Å². The molecule has 0 amide bonds. The van der Waals surface area contributed by atoms with E-state index in [4.69, 9.17) is 9.47 Å². The normalized spacial score (nSPS) is 10.4. The van der Waals surface area contributed by atoms with Crippen LogP contribution >= 0.6 is 0 Å². The van der Waals surface area contributed by atoms with Crippen molar-refractivity contribution >= 4 is 11.7 Å². The van der Waals surface area contributed by atoms with Crippen LogP contribution in [0.5, 0.6) is 5.75 Å². The molecule has 0 atom stereocenters. The predicted molar refractivity (Wildman–Crippen MR) is 112 cm³/mol. The zero-order valence-corrected chi connectivity index (χ0v) is 16.3. The van der Waals surface area contributed by atoms with E-state index in [-0.39, 0.29) is 5.97 Å². The minimum Gasteiger partial charge on any atom is -0.489 e. The standard InChI is InChI=1S/C24H25NO3/c1-3-27-24(26)21-9-11-22(12-10-21)25-16-19-7-13-23(14-8-19)28-17-20-6-4-5-18(2)15-20/h4-15,25H,3,16-17H2,1-2H3. The number of carbonyl (C=O) groups is 1. The molecule has 0 radical (unpaired) electrons. The first-order valence-corrected chi connectivity index (χ1v) is 9.42. The molecule has 0 saturated heterocycles. The van der Waals surface area contributed by atoms with E-state index in [0.29, 0.717) is 25.3 Å². The van der Waals surface area contributed by atoms with Gasteiger partial charge < -0.3 is 14.8 Å². The highest BCUT2D eigenvalue weighted by Gasteiger charge is 2.05. The Morgan fingerprint density at radius 1 is 0.929 bits per heavy atom. The minimum absolute atomic E-state index is 0.296. The van der Waals surface area contributed by atoms with Gasteiger partial charge in [0.05, 0.1) is 12.2 Å². The van der Waals surface area contributed by atoms with Gasteiger partial charge in [-0.3, -0.25) is 0 Å². The number of nitrogens with one attached hydrogen (secondary N) is 1. The number of hydrogen-bond donors (Lipinski definition) is 1. The van der Waals surface area contributed by atoms with E-state index in [1.54, 1.807) is 19.1 Å². The number of hydrogen-bond acceptors (Lipinski definition) is 4. The quantitative estimate of drug-likeness (QED) is 0.538. The molecule has 0 saturated carbocycles. The van der Waals surface area contributed by atoms with Gasteiger partial charge in [-0.05, 0) is 61.4 Å². The molecule has 3 aromatic carbocycles. The number of anilines is 1. The number of benzene rings is 3. The molecule has 0 aromatic heterocycles. The number of rotatable bonds is 8. The molecular formula is C24H25NO3. The fourth-order valence-corrected chi connectivity index (χ4v) is 2.81. The lowest BCUT2D eigenvalue weighted by molar-refractivity contribution is 0.0526. The summed E-state index contributed by atoms with van der Waals surface area (Å²) in [6.07, 6.45) is 0. The van der Waals surface area contributed by atoms with Gasteiger partial charge >= 0.3 is 5.97 Å². The molecule has 4 heteroatoms. The van der Waals surface area contributed by atoms with Crippen LogP contribution in [0.3, 0.4) is 0 Å². The van der Waals surface area contributed by atoms with E-state index in [2.05, 4.69) is 30.4 Å². The highest BCUT2D eigenvalue weighted by Crippen LogP contribution is 2.17. The van der Waals surface area contributed by atoms with Crippen LogP contribution in [0.1, 0.15) is 34.0 Å².